The molecule has 0 saturated heterocycles. The Bertz CT molecular complexity index is 1020. The molecule has 0 saturated carbocycles. The Morgan fingerprint density at radius 1 is 1.35 bits per heavy atom. The van der Waals surface area contributed by atoms with Crippen LogP contribution in [0.5, 0.6) is 5.75 Å². The van der Waals surface area contributed by atoms with Crippen LogP contribution in [0.2, 0.25) is 5.02 Å². The van der Waals surface area contributed by atoms with Gasteiger partial charge in [-0.2, -0.15) is 0 Å². The molecular formula is C18H16ClNO4S2. The quantitative estimate of drug-likeness (QED) is 0.618. The zero-order valence-electron chi connectivity index (χ0n) is 14.3. The number of benzene rings is 1. The first kappa shape index (κ1) is 18.8. The van der Waals surface area contributed by atoms with Gasteiger partial charge in [0.25, 0.3) is 5.91 Å². The van der Waals surface area contributed by atoms with Gasteiger partial charge in [0.15, 0.2) is 0 Å². The standard InChI is InChI=1S/C18H16ClNO4S2/c1-9-11(6-16(21)22)12-5-15(24-2)13(19)7-14(12)20(9)18(23)10-4-17(25-3)26-8-10/h4-5,7-8H,6H2,1-3H3,(H,21,22). The monoisotopic (exact) mass is 409 g/mol. The van der Waals surface area contributed by atoms with Crippen molar-refractivity contribution in [3.63, 3.8) is 0 Å². The van der Waals surface area contributed by atoms with E-state index >= 15 is 0 Å². The van der Waals surface area contributed by atoms with Gasteiger partial charge in [0.05, 0.1) is 33.8 Å². The first-order valence-electron chi connectivity index (χ1n) is 7.63. The van der Waals surface area contributed by atoms with Gasteiger partial charge in [-0.25, -0.2) is 0 Å². The molecule has 0 spiro atoms. The van der Waals surface area contributed by atoms with Gasteiger partial charge in [0, 0.05) is 16.5 Å². The predicted octanol–water partition coefficient (Wildman–Crippen LogP) is 4.71. The third-order valence-electron chi connectivity index (χ3n) is 4.16. The van der Waals surface area contributed by atoms with Crippen molar-refractivity contribution < 1.29 is 19.4 Å². The van der Waals surface area contributed by atoms with Gasteiger partial charge >= 0.3 is 5.97 Å². The van der Waals surface area contributed by atoms with Crippen molar-refractivity contribution >= 4 is 57.5 Å². The molecule has 1 N–H and O–H groups in total. The molecule has 0 atom stereocenters. The minimum atomic E-state index is -0.964. The predicted molar refractivity (Wildman–Crippen MR) is 105 cm³/mol. The van der Waals surface area contributed by atoms with Gasteiger partial charge in [0.2, 0.25) is 0 Å². The lowest BCUT2D eigenvalue weighted by atomic mass is 10.1. The Morgan fingerprint density at radius 2 is 2.08 bits per heavy atom. The molecule has 0 fully saturated rings. The molecule has 8 heteroatoms. The first-order valence-corrected chi connectivity index (χ1v) is 10.1. The molecule has 2 heterocycles. The number of halogens is 1. The van der Waals surface area contributed by atoms with E-state index in [1.165, 1.54) is 23.0 Å². The lowest BCUT2D eigenvalue weighted by Crippen LogP contribution is -2.13. The highest BCUT2D eigenvalue weighted by Gasteiger charge is 2.23. The summed E-state index contributed by atoms with van der Waals surface area (Å²) in [6.45, 7) is 1.75. The van der Waals surface area contributed by atoms with E-state index in [0.717, 1.165) is 4.21 Å². The van der Waals surface area contributed by atoms with Crippen LogP contribution in [-0.2, 0) is 11.2 Å². The number of aromatic nitrogens is 1. The lowest BCUT2D eigenvalue weighted by molar-refractivity contribution is -0.136. The summed E-state index contributed by atoms with van der Waals surface area (Å²) in [5, 5.41) is 12.1. The molecule has 3 rings (SSSR count). The molecular weight excluding hydrogens is 394 g/mol. The van der Waals surface area contributed by atoms with E-state index in [2.05, 4.69) is 0 Å². The average molecular weight is 410 g/mol. The van der Waals surface area contributed by atoms with Crippen molar-refractivity contribution in [1.29, 1.82) is 0 Å². The lowest BCUT2D eigenvalue weighted by Gasteiger charge is -2.07. The van der Waals surface area contributed by atoms with E-state index in [0.29, 0.717) is 38.5 Å². The number of carbonyl (C=O) groups excluding carboxylic acids is 1. The fraction of sp³-hybridized carbons (Fsp3) is 0.222. The second-order valence-corrected chi connectivity index (χ2v) is 8.06. The Labute approximate surface area is 163 Å². The number of fused-ring (bicyclic) bond motifs is 1. The molecule has 1 aromatic carbocycles. The van der Waals surface area contributed by atoms with Crippen LogP contribution in [0.3, 0.4) is 0 Å². The number of hydrogen-bond acceptors (Lipinski definition) is 5. The number of thiophene rings is 1. The summed E-state index contributed by atoms with van der Waals surface area (Å²) in [4.78, 5) is 24.4. The number of rotatable bonds is 5. The third-order valence-corrected chi connectivity index (χ3v) is 6.49. The molecule has 5 nitrogen and oxygen atoms in total. The first-order chi connectivity index (χ1) is 12.4. The highest BCUT2D eigenvalue weighted by molar-refractivity contribution is 8.00. The van der Waals surface area contributed by atoms with Gasteiger partial charge in [-0.05, 0) is 36.9 Å². The van der Waals surface area contributed by atoms with E-state index in [-0.39, 0.29) is 12.3 Å². The zero-order chi connectivity index (χ0) is 19.0. The Kier molecular flexibility index (Phi) is 5.32. The Morgan fingerprint density at radius 3 is 2.65 bits per heavy atom. The van der Waals surface area contributed by atoms with E-state index < -0.39 is 5.97 Å². The van der Waals surface area contributed by atoms with Crippen LogP contribution < -0.4 is 4.74 Å². The minimum absolute atomic E-state index is 0.187. The van der Waals surface area contributed by atoms with Gasteiger partial charge in [-0.1, -0.05) is 11.6 Å². The van der Waals surface area contributed by atoms with Crippen molar-refractivity contribution in [3.05, 3.63) is 45.4 Å². The topological polar surface area (TPSA) is 68.5 Å². The normalized spacial score (nSPS) is 11.1. The van der Waals surface area contributed by atoms with Crippen molar-refractivity contribution in [2.75, 3.05) is 13.4 Å². The number of hydrogen-bond donors (Lipinski definition) is 1. The Hall–Kier alpha value is -1.96. The van der Waals surface area contributed by atoms with Gasteiger partial charge in [-0.3, -0.25) is 14.2 Å². The fourth-order valence-corrected chi connectivity index (χ4v) is 4.55. The maximum atomic E-state index is 13.1. The summed E-state index contributed by atoms with van der Waals surface area (Å²) < 4.78 is 7.82. The SMILES string of the molecule is COc1cc2c(CC(=O)O)c(C)n(C(=O)c3csc(SC)c3)c2cc1Cl. The fourth-order valence-electron chi connectivity index (χ4n) is 2.94. The second kappa shape index (κ2) is 7.34. The summed E-state index contributed by atoms with van der Waals surface area (Å²) in [6, 6.07) is 5.17. The molecule has 136 valence electrons. The van der Waals surface area contributed by atoms with E-state index in [9.17, 15) is 14.7 Å². The molecule has 0 unspecified atom stereocenters. The number of ether oxygens (including phenoxy) is 1. The highest BCUT2D eigenvalue weighted by Crippen LogP contribution is 2.36. The van der Waals surface area contributed by atoms with Crippen LogP contribution in [0.15, 0.2) is 27.8 Å². The summed E-state index contributed by atoms with van der Waals surface area (Å²) in [5.74, 6) is -0.730. The third kappa shape index (κ3) is 3.22. The summed E-state index contributed by atoms with van der Waals surface area (Å²) in [7, 11) is 1.49. The number of aliphatic carboxylic acids is 1. The summed E-state index contributed by atoms with van der Waals surface area (Å²) >= 11 is 9.32. The minimum Gasteiger partial charge on any atom is -0.495 e. The molecule has 0 radical (unpaired) electrons. The van der Waals surface area contributed by atoms with Crippen LogP contribution in [0.4, 0.5) is 0 Å². The molecule has 2 aromatic heterocycles. The number of carboxylic acid groups (broad SMARTS) is 1. The molecule has 0 aliphatic carbocycles. The van der Waals surface area contributed by atoms with Crippen molar-refractivity contribution in [2.45, 2.75) is 17.6 Å². The zero-order valence-corrected chi connectivity index (χ0v) is 16.7. The van der Waals surface area contributed by atoms with Crippen molar-refractivity contribution in [3.8, 4) is 5.75 Å². The molecule has 0 aliphatic rings. The molecule has 0 aliphatic heterocycles. The largest absolute Gasteiger partial charge is 0.495 e. The van der Waals surface area contributed by atoms with Crippen LogP contribution in [0, 0.1) is 6.92 Å². The van der Waals surface area contributed by atoms with Gasteiger partial charge in [-0.15, -0.1) is 23.1 Å². The maximum absolute atomic E-state index is 13.1. The van der Waals surface area contributed by atoms with Gasteiger partial charge < -0.3 is 9.84 Å². The molecule has 0 bridgehead atoms. The van der Waals surface area contributed by atoms with Crippen molar-refractivity contribution in [1.82, 2.24) is 4.57 Å². The molecule has 0 amide bonds. The summed E-state index contributed by atoms with van der Waals surface area (Å²) in [5.41, 5.74) is 2.31. The number of methoxy groups -OCH3 is 1. The number of carbonyl (C=O) groups is 2. The van der Waals surface area contributed by atoms with Crippen LogP contribution >= 0.6 is 34.7 Å². The van der Waals surface area contributed by atoms with Crippen molar-refractivity contribution in [2.24, 2.45) is 0 Å². The maximum Gasteiger partial charge on any atom is 0.307 e. The molecule has 3 aromatic rings. The van der Waals surface area contributed by atoms with E-state index in [1.54, 1.807) is 36.2 Å². The highest BCUT2D eigenvalue weighted by atomic mass is 35.5. The van der Waals surface area contributed by atoms with Crippen LogP contribution in [-0.4, -0.2) is 34.9 Å². The number of thioether (sulfide) groups is 1. The number of carboxylic acids is 1. The van der Waals surface area contributed by atoms with Crippen LogP contribution in [0.25, 0.3) is 10.9 Å². The van der Waals surface area contributed by atoms with E-state index in [4.69, 9.17) is 16.3 Å². The van der Waals surface area contributed by atoms with Crippen LogP contribution in [0.1, 0.15) is 21.6 Å². The number of nitrogens with zero attached hydrogens (tertiary/aromatic N) is 1. The van der Waals surface area contributed by atoms with E-state index in [1.807, 2.05) is 12.3 Å². The smallest absolute Gasteiger partial charge is 0.307 e. The second-order valence-electron chi connectivity index (χ2n) is 5.64. The van der Waals surface area contributed by atoms with Gasteiger partial charge in [0.1, 0.15) is 5.75 Å². The average Bonchev–Trinajstić information content (AvgIpc) is 3.17. The Balaban J connectivity index is 2.26. The molecule has 26 heavy (non-hydrogen) atoms. The summed E-state index contributed by atoms with van der Waals surface area (Å²) in [6.07, 6.45) is 1.76.